The highest BCUT2D eigenvalue weighted by atomic mass is 32.2. The number of rotatable bonds is 9. The molecule has 1 amide bonds. The lowest BCUT2D eigenvalue weighted by molar-refractivity contribution is -0.120. The van der Waals surface area contributed by atoms with Crippen LogP contribution in [0.2, 0.25) is 0 Å². The van der Waals surface area contributed by atoms with Crippen molar-refractivity contribution in [3.05, 3.63) is 54.1 Å². The lowest BCUT2D eigenvalue weighted by atomic mass is 9.88. The molecule has 1 fully saturated rings. The molecule has 8 nitrogen and oxygen atoms in total. The van der Waals surface area contributed by atoms with E-state index in [-0.39, 0.29) is 17.1 Å². The van der Waals surface area contributed by atoms with Gasteiger partial charge < -0.3 is 10.1 Å². The average molecular weight is 487 g/mol. The quantitative estimate of drug-likeness (QED) is 0.418. The molecule has 1 saturated carbocycles. The third-order valence-electron chi connectivity index (χ3n) is 5.19. The monoisotopic (exact) mass is 486 g/mol. The molecule has 0 spiro atoms. The first-order chi connectivity index (χ1) is 16.3. The molecule has 178 valence electrons. The molecule has 11 heteroatoms. The van der Waals surface area contributed by atoms with Gasteiger partial charge in [0.2, 0.25) is 17.7 Å². The summed E-state index contributed by atoms with van der Waals surface area (Å²) in [6, 6.07) is 3.78. The smallest absolute Gasteiger partial charge is 0.236 e. The second kappa shape index (κ2) is 9.88. The first kappa shape index (κ1) is 23.8. The number of halogens is 2. The zero-order chi connectivity index (χ0) is 24.3. The predicted octanol–water partition coefficient (Wildman–Crippen LogP) is 4.75. The van der Waals surface area contributed by atoms with Crippen molar-refractivity contribution in [3.63, 3.8) is 0 Å². The van der Waals surface area contributed by atoms with Gasteiger partial charge in [0, 0.05) is 17.0 Å². The normalized spacial score (nSPS) is 13.4. The fourth-order valence-corrected chi connectivity index (χ4v) is 3.75. The highest BCUT2D eigenvalue weighted by Crippen LogP contribution is 2.34. The number of amides is 1. The third kappa shape index (κ3) is 5.41. The molecule has 2 aromatic heterocycles. The van der Waals surface area contributed by atoms with Crippen molar-refractivity contribution >= 4 is 29.5 Å². The van der Waals surface area contributed by atoms with E-state index in [1.165, 1.54) is 12.4 Å². The lowest BCUT2D eigenvalue weighted by Crippen LogP contribution is -2.36. The van der Waals surface area contributed by atoms with Crippen molar-refractivity contribution in [2.24, 2.45) is 0 Å². The van der Waals surface area contributed by atoms with Crippen molar-refractivity contribution in [2.45, 2.75) is 44.3 Å². The Balaban J connectivity index is 1.53. The van der Waals surface area contributed by atoms with Crippen LogP contribution in [0.3, 0.4) is 0 Å². The van der Waals surface area contributed by atoms with E-state index in [1.54, 1.807) is 45.0 Å². The fraction of sp³-hybridized carbons (Fsp3) is 0.348. The zero-order valence-corrected chi connectivity index (χ0v) is 19.7. The predicted molar refractivity (Wildman–Crippen MR) is 126 cm³/mol. The summed E-state index contributed by atoms with van der Waals surface area (Å²) in [7, 11) is 0. The molecule has 3 aromatic rings. The average Bonchev–Trinajstić information content (AvgIpc) is 3.65. The van der Waals surface area contributed by atoms with E-state index in [4.69, 9.17) is 4.74 Å². The zero-order valence-electron chi connectivity index (χ0n) is 18.9. The van der Waals surface area contributed by atoms with Crippen LogP contribution in [0, 0.1) is 11.6 Å². The van der Waals surface area contributed by atoms with Gasteiger partial charge >= 0.3 is 0 Å². The molecule has 0 saturated heterocycles. The van der Waals surface area contributed by atoms with Crippen LogP contribution in [0.4, 0.5) is 20.4 Å². The maximum absolute atomic E-state index is 14.9. The minimum absolute atomic E-state index is 0.168. The first-order valence-corrected chi connectivity index (χ1v) is 11.7. The van der Waals surface area contributed by atoms with E-state index in [0.29, 0.717) is 23.5 Å². The van der Waals surface area contributed by atoms with Crippen molar-refractivity contribution in [1.29, 1.82) is 0 Å². The number of carbonyl (C=O) groups excluding carboxylic acids is 1. The minimum atomic E-state index is -1.18. The Bertz CT molecular complexity index is 1180. The second-order valence-corrected chi connectivity index (χ2v) is 9.36. The molecule has 2 N–H and O–H groups in total. The number of carbonyl (C=O) groups is 1. The molecule has 34 heavy (non-hydrogen) atoms. The largest absolute Gasteiger partial charge is 0.477 e. The van der Waals surface area contributed by atoms with Gasteiger partial charge in [-0.3, -0.25) is 14.5 Å². The molecule has 1 aromatic carbocycles. The summed E-state index contributed by atoms with van der Waals surface area (Å²) >= 11 is 1.54. The summed E-state index contributed by atoms with van der Waals surface area (Å²) in [6.45, 7) is 5.42. The maximum atomic E-state index is 14.9. The highest BCUT2D eigenvalue weighted by Gasteiger charge is 2.33. The van der Waals surface area contributed by atoms with Crippen LogP contribution in [0.5, 0.6) is 5.88 Å². The number of hydrogen-bond donors (Lipinski definition) is 2. The van der Waals surface area contributed by atoms with E-state index >= 15 is 0 Å². The summed E-state index contributed by atoms with van der Waals surface area (Å²) < 4.78 is 38.1. The van der Waals surface area contributed by atoms with Crippen molar-refractivity contribution in [2.75, 3.05) is 16.6 Å². The summed E-state index contributed by atoms with van der Waals surface area (Å²) in [5.74, 6) is -1.86. The first-order valence-electron chi connectivity index (χ1n) is 10.8. The summed E-state index contributed by atoms with van der Waals surface area (Å²) in [4.78, 5) is 29.8. The molecule has 0 atom stereocenters. The van der Waals surface area contributed by atoms with E-state index in [0.717, 1.165) is 25.0 Å². The van der Waals surface area contributed by atoms with Gasteiger partial charge in [0.25, 0.3) is 0 Å². The van der Waals surface area contributed by atoms with E-state index in [1.807, 2.05) is 0 Å². The Labute approximate surface area is 200 Å². The van der Waals surface area contributed by atoms with Crippen molar-refractivity contribution in [3.8, 4) is 17.1 Å². The molecule has 0 unspecified atom stereocenters. The van der Waals surface area contributed by atoms with Gasteiger partial charge in [0.05, 0.1) is 35.8 Å². The number of nitrogens with zero attached hydrogens (tertiary/aromatic N) is 4. The Kier molecular flexibility index (Phi) is 6.92. The van der Waals surface area contributed by atoms with Crippen LogP contribution in [0.15, 0.2) is 36.8 Å². The van der Waals surface area contributed by atoms with Crippen LogP contribution < -0.4 is 14.8 Å². The molecular formula is C23H24F2N6O2S. The number of hydrogen-bond acceptors (Lipinski definition) is 8. The molecule has 4 rings (SSSR count). The maximum Gasteiger partial charge on any atom is 0.236 e. The number of aromatic nitrogens is 4. The molecule has 0 aliphatic heterocycles. The molecule has 0 bridgehead atoms. The minimum Gasteiger partial charge on any atom is -0.477 e. The third-order valence-corrected chi connectivity index (χ3v) is 6.29. The van der Waals surface area contributed by atoms with Gasteiger partial charge in [-0.1, -0.05) is 0 Å². The van der Waals surface area contributed by atoms with Crippen LogP contribution in [0.1, 0.15) is 39.3 Å². The van der Waals surface area contributed by atoms with E-state index in [2.05, 4.69) is 30.0 Å². The summed E-state index contributed by atoms with van der Waals surface area (Å²) in [6.07, 6.45) is 6.62. The molecular weight excluding hydrogens is 462 g/mol. The Morgan fingerprint density at radius 3 is 2.62 bits per heavy atom. The molecule has 2 heterocycles. The number of benzene rings is 1. The molecule has 1 aliphatic carbocycles. The van der Waals surface area contributed by atoms with Gasteiger partial charge in [-0.2, -0.15) is 0 Å². The van der Waals surface area contributed by atoms with Gasteiger partial charge in [-0.25, -0.2) is 23.7 Å². The SMILES string of the molecule is CCOc1cncc(-c2cc(F)c(NC(=O)C(C)(C)c3ccnc(NSC4CC4)n3)c(F)c2)n1. The Hall–Kier alpha value is -3.34. The topological polar surface area (TPSA) is 102 Å². The summed E-state index contributed by atoms with van der Waals surface area (Å²) in [5.41, 5.74) is -0.904. The second-order valence-electron chi connectivity index (χ2n) is 8.25. The van der Waals surface area contributed by atoms with Crippen molar-refractivity contribution in [1.82, 2.24) is 19.9 Å². The lowest BCUT2D eigenvalue weighted by Gasteiger charge is -2.23. The van der Waals surface area contributed by atoms with Gasteiger partial charge in [0.1, 0.15) is 17.3 Å². The van der Waals surface area contributed by atoms with Crippen LogP contribution in [-0.4, -0.2) is 37.7 Å². The van der Waals surface area contributed by atoms with Crippen LogP contribution in [-0.2, 0) is 10.2 Å². The number of anilines is 2. The van der Waals surface area contributed by atoms with E-state index < -0.39 is 28.6 Å². The highest BCUT2D eigenvalue weighted by molar-refractivity contribution is 8.01. The van der Waals surface area contributed by atoms with E-state index in [9.17, 15) is 13.6 Å². The van der Waals surface area contributed by atoms with Crippen LogP contribution >= 0.6 is 11.9 Å². The molecule has 1 aliphatic rings. The van der Waals surface area contributed by atoms with Gasteiger partial charge in [0.15, 0.2) is 0 Å². The molecule has 0 radical (unpaired) electrons. The fourth-order valence-electron chi connectivity index (χ4n) is 3.01. The summed E-state index contributed by atoms with van der Waals surface area (Å²) in [5, 5.41) is 2.92. The Morgan fingerprint density at radius 1 is 1.21 bits per heavy atom. The Morgan fingerprint density at radius 2 is 1.94 bits per heavy atom. The van der Waals surface area contributed by atoms with Gasteiger partial charge in [-0.15, -0.1) is 0 Å². The van der Waals surface area contributed by atoms with Gasteiger partial charge in [-0.05, 0) is 63.8 Å². The van der Waals surface area contributed by atoms with Crippen molar-refractivity contribution < 1.29 is 18.3 Å². The standard InChI is InChI=1S/C23H24F2N6O2S/c1-4-33-19-12-26-11-17(28-19)13-9-15(24)20(16(25)10-13)30-21(32)23(2,3)18-7-8-27-22(29-18)31-34-14-5-6-14/h7-12,14H,4-6H2,1-3H3,(H,30,32)(H,27,29,31). The van der Waals surface area contributed by atoms with Crippen LogP contribution in [0.25, 0.3) is 11.3 Å². The number of ether oxygens (including phenoxy) is 1. The number of nitrogens with one attached hydrogen (secondary N) is 2.